The first kappa shape index (κ1) is 25.4. The number of nitrogens with one attached hydrogen (secondary N) is 2. The number of carboxylic acids is 1. The predicted molar refractivity (Wildman–Crippen MR) is 136 cm³/mol. The van der Waals surface area contributed by atoms with E-state index in [1.54, 1.807) is 30.7 Å². The molecule has 3 heterocycles. The number of aliphatic carboxylic acids is 1. The number of halogens is 1. The lowest BCUT2D eigenvalue weighted by Crippen LogP contribution is -2.47. The summed E-state index contributed by atoms with van der Waals surface area (Å²) in [5.74, 6) is -0.0995. The molecule has 4 rings (SSSR count). The molecule has 0 aliphatic carbocycles. The van der Waals surface area contributed by atoms with Crippen LogP contribution in [0, 0.1) is 5.82 Å². The summed E-state index contributed by atoms with van der Waals surface area (Å²) < 4.78 is 15.3. The second-order valence-corrected chi connectivity index (χ2v) is 8.64. The van der Waals surface area contributed by atoms with Gasteiger partial charge in [0.05, 0.1) is 12.2 Å². The van der Waals surface area contributed by atoms with Gasteiger partial charge in [0.25, 0.3) is 0 Å². The van der Waals surface area contributed by atoms with Crippen molar-refractivity contribution < 1.29 is 14.3 Å². The van der Waals surface area contributed by atoms with Crippen LogP contribution in [0.1, 0.15) is 12.0 Å². The number of carboxylic acid groups (broad SMARTS) is 1. The summed E-state index contributed by atoms with van der Waals surface area (Å²) >= 11 is 0. The van der Waals surface area contributed by atoms with Gasteiger partial charge in [0.15, 0.2) is 5.82 Å². The van der Waals surface area contributed by atoms with E-state index in [1.807, 2.05) is 23.1 Å². The molecule has 3 aromatic rings. The number of pyridine rings is 1. The number of rotatable bonds is 11. The van der Waals surface area contributed by atoms with Gasteiger partial charge in [-0.3, -0.25) is 14.6 Å². The quantitative estimate of drug-likeness (QED) is 0.295. The SMILES string of the molecule is NCCCNc1ncc(-c2ccnc(Nc3cccc(CN4CCN(CC(=O)O)CC4)c3F)c2)cn1. The molecule has 5 N–H and O–H groups in total. The summed E-state index contributed by atoms with van der Waals surface area (Å²) in [7, 11) is 0. The van der Waals surface area contributed by atoms with Gasteiger partial charge in [-0.2, -0.15) is 0 Å². The molecule has 11 heteroatoms. The molecule has 1 aromatic carbocycles. The summed E-state index contributed by atoms with van der Waals surface area (Å²) in [5, 5.41) is 15.2. The van der Waals surface area contributed by atoms with E-state index in [0.29, 0.717) is 68.8 Å². The minimum atomic E-state index is -0.828. The first-order valence-electron chi connectivity index (χ1n) is 11.9. The third-order valence-corrected chi connectivity index (χ3v) is 5.97. The lowest BCUT2D eigenvalue weighted by molar-refractivity contribution is -0.138. The van der Waals surface area contributed by atoms with E-state index in [0.717, 1.165) is 17.5 Å². The Bertz CT molecular complexity index is 1150. The molecule has 0 atom stereocenters. The van der Waals surface area contributed by atoms with Crippen LogP contribution >= 0.6 is 0 Å². The molecule has 190 valence electrons. The van der Waals surface area contributed by atoms with Crippen molar-refractivity contribution in [2.75, 3.05) is 56.4 Å². The minimum Gasteiger partial charge on any atom is -0.480 e. The van der Waals surface area contributed by atoms with Crippen LogP contribution in [0.15, 0.2) is 48.9 Å². The summed E-state index contributed by atoms with van der Waals surface area (Å²) in [4.78, 5) is 27.9. The Morgan fingerprint density at radius 1 is 1.06 bits per heavy atom. The molecule has 0 radical (unpaired) electrons. The monoisotopic (exact) mass is 494 g/mol. The predicted octanol–water partition coefficient (Wildman–Crippen LogP) is 2.38. The third kappa shape index (κ3) is 6.94. The second kappa shape index (κ2) is 12.3. The molecular weight excluding hydrogens is 463 g/mol. The summed E-state index contributed by atoms with van der Waals surface area (Å²) in [6, 6.07) is 8.95. The van der Waals surface area contributed by atoms with Crippen LogP contribution in [-0.4, -0.2) is 81.6 Å². The van der Waals surface area contributed by atoms with E-state index >= 15 is 4.39 Å². The lowest BCUT2D eigenvalue weighted by atomic mass is 10.1. The Labute approximate surface area is 209 Å². The fraction of sp³-hybridized carbons (Fsp3) is 0.360. The van der Waals surface area contributed by atoms with Crippen molar-refractivity contribution in [3.05, 3.63) is 60.3 Å². The van der Waals surface area contributed by atoms with Crippen LogP contribution in [0.5, 0.6) is 0 Å². The standard InChI is InChI=1S/C25H31FN8O2/c26-24-19(16-33-9-11-34(12-10-33)17-23(35)36)3-1-4-21(24)32-22-13-18(5-8-28-22)20-14-30-25(31-15-20)29-7-2-6-27/h1,3-5,8,13-15H,2,6-7,9-12,16-17,27H2,(H,28,32)(H,35,36)(H,29,30,31). The number of benzene rings is 1. The van der Waals surface area contributed by atoms with Crippen LogP contribution in [-0.2, 0) is 11.3 Å². The number of carbonyl (C=O) groups is 1. The maximum atomic E-state index is 15.3. The van der Waals surface area contributed by atoms with E-state index in [1.165, 1.54) is 0 Å². The zero-order valence-corrected chi connectivity index (χ0v) is 20.0. The molecule has 0 amide bonds. The highest BCUT2D eigenvalue weighted by Gasteiger charge is 2.20. The van der Waals surface area contributed by atoms with Gasteiger partial charge in [-0.1, -0.05) is 12.1 Å². The Hall–Kier alpha value is -3.67. The Morgan fingerprint density at radius 3 is 2.53 bits per heavy atom. The van der Waals surface area contributed by atoms with Crippen molar-refractivity contribution >= 4 is 23.4 Å². The summed E-state index contributed by atoms with van der Waals surface area (Å²) in [6.45, 7) is 4.49. The number of aromatic nitrogens is 3. The zero-order chi connectivity index (χ0) is 25.3. The highest BCUT2D eigenvalue weighted by molar-refractivity contribution is 5.69. The van der Waals surface area contributed by atoms with Crippen molar-refractivity contribution in [1.29, 1.82) is 0 Å². The average molecular weight is 495 g/mol. The average Bonchev–Trinajstić information content (AvgIpc) is 2.88. The molecule has 1 saturated heterocycles. The highest BCUT2D eigenvalue weighted by Crippen LogP contribution is 2.26. The van der Waals surface area contributed by atoms with Crippen molar-refractivity contribution in [2.24, 2.45) is 5.73 Å². The van der Waals surface area contributed by atoms with Gasteiger partial charge in [0.2, 0.25) is 5.95 Å². The first-order chi connectivity index (χ1) is 17.5. The van der Waals surface area contributed by atoms with Crippen LogP contribution < -0.4 is 16.4 Å². The largest absolute Gasteiger partial charge is 0.480 e. The van der Waals surface area contributed by atoms with Crippen LogP contribution in [0.25, 0.3) is 11.1 Å². The van der Waals surface area contributed by atoms with Gasteiger partial charge in [-0.25, -0.2) is 19.3 Å². The first-order valence-corrected chi connectivity index (χ1v) is 11.9. The van der Waals surface area contributed by atoms with Crippen molar-refractivity contribution in [1.82, 2.24) is 24.8 Å². The number of hydrogen-bond acceptors (Lipinski definition) is 9. The molecular formula is C25H31FN8O2. The molecule has 0 saturated carbocycles. The number of piperazine rings is 1. The van der Waals surface area contributed by atoms with Gasteiger partial charge in [-0.05, 0) is 36.7 Å². The van der Waals surface area contributed by atoms with E-state index in [-0.39, 0.29) is 12.4 Å². The zero-order valence-electron chi connectivity index (χ0n) is 20.0. The maximum absolute atomic E-state index is 15.3. The van der Waals surface area contributed by atoms with Gasteiger partial charge in [-0.15, -0.1) is 0 Å². The second-order valence-electron chi connectivity index (χ2n) is 8.64. The molecule has 36 heavy (non-hydrogen) atoms. The molecule has 0 bridgehead atoms. The van der Waals surface area contributed by atoms with Gasteiger partial charge < -0.3 is 21.5 Å². The van der Waals surface area contributed by atoms with Gasteiger partial charge >= 0.3 is 5.97 Å². The number of anilines is 3. The number of hydrogen-bond donors (Lipinski definition) is 4. The highest BCUT2D eigenvalue weighted by atomic mass is 19.1. The Morgan fingerprint density at radius 2 is 1.81 bits per heavy atom. The molecule has 0 spiro atoms. The van der Waals surface area contributed by atoms with E-state index in [2.05, 4.69) is 30.5 Å². The smallest absolute Gasteiger partial charge is 0.317 e. The topological polar surface area (TPSA) is 133 Å². The van der Waals surface area contributed by atoms with Crippen LogP contribution in [0.4, 0.5) is 21.8 Å². The lowest BCUT2D eigenvalue weighted by Gasteiger charge is -2.33. The minimum absolute atomic E-state index is 0.0373. The Kier molecular flexibility index (Phi) is 8.71. The van der Waals surface area contributed by atoms with E-state index < -0.39 is 5.97 Å². The number of nitrogens with two attached hydrogens (primary N) is 1. The van der Waals surface area contributed by atoms with Crippen LogP contribution in [0.3, 0.4) is 0 Å². The molecule has 1 aliphatic heterocycles. The molecule has 1 fully saturated rings. The van der Waals surface area contributed by atoms with E-state index in [9.17, 15) is 4.79 Å². The summed E-state index contributed by atoms with van der Waals surface area (Å²) in [5.41, 5.74) is 8.10. The van der Waals surface area contributed by atoms with Crippen molar-refractivity contribution in [3.8, 4) is 11.1 Å². The fourth-order valence-corrected chi connectivity index (χ4v) is 4.02. The van der Waals surface area contributed by atoms with E-state index in [4.69, 9.17) is 10.8 Å². The van der Waals surface area contributed by atoms with Crippen molar-refractivity contribution in [2.45, 2.75) is 13.0 Å². The summed E-state index contributed by atoms with van der Waals surface area (Å²) in [6.07, 6.45) is 5.96. The molecule has 1 aliphatic rings. The fourth-order valence-electron chi connectivity index (χ4n) is 4.02. The van der Waals surface area contributed by atoms with Gasteiger partial charge in [0.1, 0.15) is 5.82 Å². The molecule has 10 nitrogen and oxygen atoms in total. The molecule has 2 aromatic heterocycles. The number of nitrogens with zero attached hydrogens (tertiary/aromatic N) is 5. The van der Waals surface area contributed by atoms with Gasteiger partial charge in [0, 0.05) is 69.0 Å². The Balaban J connectivity index is 1.39. The normalized spacial score (nSPS) is 14.5. The van der Waals surface area contributed by atoms with Crippen LogP contribution in [0.2, 0.25) is 0 Å². The molecule has 0 unspecified atom stereocenters. The third-order valence-electron chi connectivity index (χ3n) is 5.97. The maximum Gasteiger partial charge on any atom is 0.317 e. The van der Waals surface area contributed by atoms with Crippen molar-refractivity contribution in [3.63, 3.8) is 0 Å².